The summed E-state index contributed by atoms with van der Waals surface area (Å²) in [5.74, 6) is 0.821. The zero-order valence-corrected chi connectivity index (χ0v) is 16.5. The van der Waals surface area contributed by atoms with Crippen LogP contribution >= 0.6 is 11.3 Å². The first-order chi connectivity index (χ1) is 14.7. The molecular formula is C24H16N2O3S. The number of amides is 1. The fourth-order valence-corrected chi connectivity index (χ4v) is 4.51. The van der Waals surface area contributed by atoms with Crippen LogP contribution in [0.3, 0.4) is 0 Å². The van der Waals surface area contributed by atoms with Crippen LogP contribution in [0.25, 0.3) is 11.1 Å². The average Bonchev–Trinajstić information content (AvgIpc) is 3.17. The Labute approximate surface area is 176 Å². The predicted molar refractivity (Wildman–Crippen MR) is 117 cm³/mol. The summed E-state index contributed by atoms with van der Waals surface area (Å²) in [5, 5.41) is 9.27. The Morgan fingerprint density at radius 1 is 0.867 bits per heavy atom. The van der Waals surface area contributed by atoms with Gasteiger partial charge in [0.15, 0.2) is 5.75 Å². The third-order valence-corrected chi connectivity index (χ3v) is 5.96. The second kappa shape index (κ2) is 7.59. The topological polar surface area (TPSA) is 70.9 Å². The summed E-state index contributed by atoms with van der Waals surface area (Å²) in [6.07, 6.45) is 0. The van der Waals surface area contributed by atoms with Crippen molar-refractivity contribution in [3.05, 3.63) is 100 Å². The lowest BCUT2D eigenvalue weighted by Gasteiger charge is -2.08. The molecule has 2 N–H and O–H groups in total. The van der Waals surface area contributed by atoms with E-state index in [0.717, 1.165) is 27.3 Å². The lowest BCUT2D eigenvalue weighted by atomic mass is 10.0. The standard InChI is InChI=1S/C24H16N2O3S/c27-24(26-28)23-17(15-8-2-1-3-9-15)14-21(30-23)22-16-10-4-6-12-19(16)29-20-13-7-5-11-18(20)25-22/h1-14,28H,(H,26,27). The first-order valence-corrected chi connectivity index (χ1v) is 10.2. The Kier molecular flexibility index (Phi) is 4.63. The number of carbonyl (C=O) groups is 1. The number of hydrogen-bond acceptors (Lipinski definition) is 5. The highest BCUT2D eigenvalue weighted by Gasteiger charge is 2.24. The number of carbonyl (C=O) groups excluding carboxylic acids is 1. The lowest BCUT2D eigenvalue weighted by Crippen LogP contribution is -2.17. The van der Waals surface area contributed by atoms with Crippen molar-refractivity contribution in [1.29, 1.82) is 0 Å². The molecule has 5 rings (SSSR count). The number of fused-ring (bicyclic) bond motifs is 2. The van der Waals surface area contributed by atoms with E-state index in [2.05, 4.69) is 0 Å². The third kappa shape index (κ3) is 3.18. The summed E-state index contributed by atoms with van der Waals surface area (Å²) >= 11 is 1.28. The van der Waals surface area contributed by atoms with E-state index in [1.54, 1.807) is 5.48 Å². The normalized spacial score (nSPS) is 12.1. The molecule has 1 aliphatic heterocycles. The zero-order chi connectivity index (χ0) is 20.5. The van der Waals surface area contributed by atoms with Crippen molar-refractivity contribution in [2.24, 2.45) is 4.99 Å². The molecule has 0 fully saturated rings. The van der Waals surface area contributed by atoms with E-state index in [1.165, 1.54) is 11.3 Å². The molecule has 1 amide bonds. The van der Waals surface area contributed by atoms with Crippen molar-refractivity contribution in [1.82, 2.24) is 5.48 Å². The molecular weight excluding hydrogens is 396 g/mol. The molecule has 0 saturated carbocycles. The summed E-state index contributed by atoms with van der Waals surface area (Å²) in [6.45, 7) is 0. The Hall–Kier alpha value is -3.74. The molecule has 5 nitrogen and oxygen atoms in total. The fourth-order valence-electron chi connectivity index (χ4n) is 3.43. The largest absolute Gasteiger partial charge is 0.454 e. The number of thiophene rings is 1. The monoisotopic (exact) mass is 412 g/mol. The van der Waals surface area contributed by atoms with Crippen molar-refractivity contribution >= 4 is 28.6 Å². The highest BCUT2D eigenvalue weighted by molar-refractivity contribution is 7.16. The minimum Gasteiger partial charge on any atom is -0.454 e. The highest BCUT2D eigenvalue weighted by Crippen LogP contribution is 2.41. The van der Waals surface area contributed by atoms with Crippen LogP contribution in [0.1, 0.15) is 20.1 Å². The summed E-state index contributed by atoms with van der Waals surface area (Å²) < 4.78 is 6.12. The maximum absolute atomic E-state index is 12.4. The van der Waals surface area contributed by atoms with Crippen molar-refractivity contribution in [2.75, 3.05) is 0 Å². The van der Waals surface area contributed by atoms with Crippen LogP contribution in [0.2, 0.25) is 0 Å². The van der Waals surface area contributed by atoms with Gasteiger partial charge in [-0.3, -0.25) is 10.0 Å². The minimum atomic E-state index is -0.552. The van der Waals surface area contributed by atoms with Gasteiger partial charge in [0.1, 0.15) is 16.3 Å². The van der Waals surface area contributed by atoms with E-state index in [4.69, 9.17) is 9.73 Å². The second-order valence-corrected chi connectivity index (χ2v) is 7.74. The Morgan fingerprint density at radius 2 is 1.57 bits per heavy atom. The van der Waals surface area contributed by atoms with Crippen molar-refractivity contribution < 1.29 is 14.7 Å². The molecule has 1 aromatic heterocycles. The molecule has 2 heterocycles. The van der Waals surface area contributed by atoms with Gasteiger partial charge in [-0.15, -0.1) is 11.3 Å². The van der Waals surface area contributed by atoms with Gasteiger partial charge < -0.3 is 4.74 Å². The van der Waals surface area contributed by atoms with Crippen LogP contribution in [0, 0.1) is 0 Å². The van der Waals surface area contributed by atoms with Crippen molar-refractivity contribution in [3.8, 4) is 22.6 Å². The Bertz CT molecular complexity index is 1280. The van der Waals surface area contributed by atoms with Crippen LogP contribution < -0.4 is 10.2 Å². The molecule has 0 spiro atoms. The van der Waals surface area contributed by atoms with E-state index in [0.29, 0.717) is 22.1 Å². The number of aliphatic imine (C=N–C) groups is 1. The molecule has 3 aromatic carbocycles. The molecule has 0 aliphatic carbocycles. The predicted octanol–water partition coefficient (Wildman–Crippen LogP) is 5.81. The molecule has 30 heavy (non-hydrogen) atoms. The first-order valence-electron chi connectivity index (χ1n) is 9.33. The van der Waals surface area contributed by atoms with E-state index < -0.39 is 5.91 Å². The molecule has 0 bridgehead atoms. The number of hydroxylamine groups is 1. The number of hydrogen-bond donors (Lipinski definition) is 2. The summed E-state index contributed by atoms with van der Waals surface area (Å²) in [4.78, 5) is 18.5. The number of nitrogens with one attached hydrogen (secondary N) is 1. The number of rotatable bonds is 3. The molecule has 0 radical (unpaired) electrons. The molecule has 146 valence electrons. The van der Waals surface area contributed by atoms with Gasteiger partial charge in [-0.05, 0) is 35.9 Å². The van der Waals surface area contributed by atoms with E-state index in [9.17, 15) is 10.0 Å². The number of ether oxygens (including phenoxy) is 1. The SMILES string of the molecule is O=C(NO)c1sc(C2=Nc3ccccc3Oc3ccccc32)cc1-c1ccccc1. The molecule has 6 heteroatoms. The maximum Gasteiger partial charge on any atom is 0.285 e. The lowest BCUT2D eigenvalue weighted by molar-refractivity contribution is 0.0711. The molecule has 1 aliphatic rings. The zero-order valence-electron chi connectivity index (χ0n) is 15.7. The molecule has 0 atom stereocenters. The Morgan fingerprint density at radius 3 is 2.37 bits per heavy atom. The number of nitrogens with zero attached hydrogens (tertiary/aromatic N) is 1. The average molecular weight is 412 g/mol. The van der Waals surface area contributed by atoms with Gasteiger partial charge in [-0.2, -0.15) is 0 Å². The highest BCUT2D eigenvalue weighted by atomic mass is 32.1. The van der Waals surface area contributed by atoms with Gasteiger partial charge in [-0.25, -0.2) is 10.5 Å². The smallest absolute Gasteiger partial charge is 0.285 e. The quantitative estimate of drug-likeness (QED) is 0.290. The molecule has 4 aromatic rings. The van der Waals surface area contributed by atoms with Crippen LogP contribution in [0.5, 0.6) is 11.5 Å². The maximum atomic E-state index is 12.4. The minimum absolute atomic E-state index is 0.414. The fraction of sp³-hybridized carbons (Fsp3) is 0. The van der Waals surface area contributed by atoms with E-state index >= 15 is 0 Å². The van der Waals surface area contributed by atoms with E-state index in [-0.39, 0.29) is 0 Å². The van der Waals surface area contributed by atoms with Crippen molar-refractivity contribution in [3.63, 3.8) is 0 Å². The van der Waals surface area contributed by atoms with Gasteiger partial charge in [0.2, 0.25) is 0 Å². The molecule has 0 saturated heterocycles. The second-order valence-electron chi connectivity index (χ2n) is 6.69. The summed E-state index contributed by atoms with van der Waals surface area (Å²) in [5.41, 5.74) is 5.66. The van der Waals surface area contributed by atoms with Crippen LogP contribution in [0.15, 0.2) is 89.9 Å². The van der Waals surface area contributed by atoms with Gasteiger partial charge in [0.05, 0.1) is 10.6 Å². The van der Waals surface area contributed by atoms with Gasteiger partial charge in [0.25, 0.3) is 5.91 Å². The van der Waals surface area contributed by atoms with Gasteiger partial charge in [-0.1, -0.05) is 54.6 Å². The van der Waals surface area contributed by atoms with E-state index in [1.807, 2.05) is 84.9 Å². The summed E-state index contributed by atoms with van der Waals surface area (Å²) in [7, 11) is 0. The van der Waals surface area contributed by atoms with Crippen LogP contribution in [-0.2, 0) is 0 Å². The van der Waals surface area contributed by atoms with Crippen LogP contribution in [-0.4, -0.2) is 16.8 Å². The molecule has 0 unspecified atom stereocenters. The van der Waals surface area contributed by atoms with Gasteiger partial charge in [0, 0.05) is 11.1 Å². The number of benzene rings is 3. The Balaban J connectivity index is 1.74. The van der Waals surface area contributed by atoms with Crippen molar-refractivity contribution in [2.45, 2.75) is 0 Å². The number of para-hydroxylation sites is 3. The van der Waals surface area contributed by atoms with Crippen LogP contribution in [0.4, 0.5) is 5.69 Å². The first kappa shape index (κ1) is 18.3. The summed E-state index contributed by atoms with van der Waals surface area (Å²) in [6, 6.07) is 26.8. The van der Waals surface area contributed by atoms with Gasteiger partial charge >= 0.3 is 0 Å². The third-order valence-electron chi connectivity index (χ3n) is 4.82.